The summed E-state index contributed by atoms with van der Waals surface area (Å²) in [5.41, 5.74) is 0.238. The highest BCUT2D eigenvalue weighted by atomic mass is 35.5. The zero-order valence-corrected chi connectivity index (χ0v) is 16.1. The van der Waals surface area contributed by atoms with E-state index in [1.54, 1.807) is 0 Å². The maximum Gasteiger partial charge on any atom is 0.422 e. The highest BCUT2D eigenvalue weighted by Gasteiger charge is 2.29. The van der Waals surface area contributed by atoms with Gasteiger partial charge in [0.15, 0.2) is 12.4 Å². The van der Waals surface area contributed by atoms with Gasteiger partial charge in [0.2, 0.25) is 0 Å². The van der Waals surface area contributed by atoms with Crippen LogP contribution in [0.5, 0.6) is 5.75 Å². The molecule has 0 saturated heterocycles. The Morgan fingerprint density at radius 1 is 1.19 bits per heavy atom. The SMILES string of the molecule is C=C(F)C(=O)Nc1cc2c(Nc3ccc(F)c(Cl)c3)ncnc2cc1OCC(F)(F)F. The van der Waals surface area contributed by atoms with Gasteiger partial charge in [-0.3, -0.25) is 4.79 Å². The molecule has 3 aromatic rings. The Hall–Kier alpha value is -3.47. The number of carbonyl (C=O) groups is 1. The number of amides is 1. The molecule has 0 saturated carbocycles. The summed E-state index contributed by atoms with van der Waals surface area (Å²) in [6.07, 6.45) is -3.52. The molecule has 3 rings (SSSR count). The first-order valence-corrected chi connectivity index (χ1v) is 8.77. The van der Waals surface area contributed by atoms with E-state index in [1.165, 1.54) is 18.2 Å². The minimum atomic E-state index is -4.65. The summed E-state index contributed by atoms with van der Waals surface area (Å²) in [6.45, 7) is 1.19. The average Bonchev–Trinajstić information content (AvgIpc) is 2.69. The molecule has 6 nitrogen and oxygen atoms in total. The molecule has 1 amide bonds. The first kappa shape index (κ1) is 22.2. The van der Waals surface area contributed by atoms with Crippen molar-refractivity contribution in [3.63, 3.8) is 0 Å². The number of aromatic nitrogens is 2. The Morgan fingerprint density at radius 3 is 2.58 bits per heavy atom. The molecule has 0 fully saturated rings. The van der Waals surface area contributed by atoms with E-state index in [9.17, 15) is 26.7 Å². The van der Waals surface area contributed by atoms with Crippen molar-refractivity contribution in [3.8, 4) is 5.75 Å². The summed E-state index contributed by atoms with van der Waals surface area (Å²) in [5, 5.41) is 5.04. The highest BCUT2D eigenvalue weighted by Crippen LogP contribution is 2.35. The minimum absolute atomic E-state index is 0.152. The van der Waals surface area contributed by atoms with Crippen LogP contribution in [0.2, 0.25) is 5.02 Å². The van der Waals surface area contributed by atoms with Crippen LogP contribution in [0.1, 0.15) is 0 Å². The zero-order chi connectivity index (χ0) is 22.8. The van der Waals surface area contributed by atoms with Crippen LogP contribution >= 0.6 is 11.6 Å². The van der Waals surface area contributed by atoms with Crippen LogP contribution in [0.3, 0.4) is 0 Å². The molecule has 2 aromatic carbocycles. The van der Waals surface area contributed by atoms with E-state index >= 15 is 0 Å². The standard InChI is InChI=1S/C19H12ClF5N4O2/c1-9(21)18(30)29-15-5-11-14(6-16(15)31-7-19(23,24)25)26-8-27-17(11)28-10-2-3-13(22)12(20)4-10/h2-6,8H,1,7H2,(H,29,30)(H,26,27,28). The van der Waals surface area contributed by atoms with Gasteiger partial charge in [0.25, 0.3) is 5.91 Å². The number of fused-ring (bicyclic) bond motifs is 1. The highest BCUT2D eigenvalue weighted by molar-refractivity contribution is 6.31. The van der Waals surface area contributed by atoms with Gasteiger partial charge in [-0.15, -0.1) is 0 Å². The number of anilines is 3. The summed E-state index contributed by atoms with van der Waals surface area (Å²) in [7, 11) is 0. The van der Waals surface area contributed by atoms with Gasteiger partial charge < -0.3 is 15.4 Å². The lowest BCUT2D eigenvalue weighted by molar-refractivity contribution is -0.153. The summed E-state index contributed by atoms with van der Waals surface area (Å²) >= 11 is 5.76. The normalized spacial score (nSPS) is 11.3. The maximum atomic E-state index is 13.4. The summed E-state index contributed by atoms with van der Waals surface area (Å²) < 4.78 is 69.0. The molecular weight excluding hydrogens is 447 g/mol. The van der Waals surface area contributed by atoms with Crippen molar-refractivity contribution in [2.75, 3.05) is 17.2 Å². The molecule has 31 heavy (non-hydrogen) atoms. The van der Waals surface area contributed by atoms with Gasteiger partial charge in [-0.1, -0.05) is 18.2 Å². The zero-order valence-electron chi connectivity index (χ0n) is 15.4. The fourth-order valence-corrected chi connectivity index (χ4v) is 2.64. The van der Waals surface area contributed by atoms with Crippen molar-refractivity contribution in [3.05, 3.63) is 59.9 Å². The smallest absolute Gasteiger partial charge is 0.422 e. The van der Waals surface area contributed by atoms with Gasteiger partial charge in [0, 0.05) is 17.1 Å². The Kier molecular flexibility index (Phi) is 6.25. The van der Waals surface area contributed by atoms with E-state index in [0.717, 1.165) is 18.5 Å². The van der Waals surface area contributed by atoms with Crippen LogP contribution in [0.25, 0.3) is 10.9 Å². The molecular formula is C19H12ClF5N4O2. The van der Waals surface area contributed by atoms with Crippen LogP contribution < -0.4 is 15.4 Å². The van der Waals surface area contributed by atoms with Crippen LogP contribution in [-0.2, 0) is 4.79 Å². The predicted molar refractivity (Wildman–Crippen MR) is 105 cm³/mol. The van der Waals surface area contributed by atoms with Gasteiger partial charge in [0.1, 0.15) is 23.7 Å². The average molecular weight is 459 g/mol. The molecule has 0 radical (unpaired) electrons. The molecule has 0 aliphatic rings. The third-order valence-corrected chi connectivity index (χ3v) is 4.09. The fraction of sp³-hybridized carbons (Fsp3) is 0.105. The molecule has 0 atom stereocenters. The third kappa shape index (κ3) is 5.57. The summed E-state index contributed by atoms with van der Waals surface area (Å²) in [5.74, 6) is -3.50. The first-order chi connectivity index (χ1) is 14.5. The maximum absolute atomic E-state index is 13.4. The van der Waals surface area contributed by atoms with E-state index in [1.807, 2.05) is 0 Å². The van der Waals surface area contributed by atoms with Gasteiger partial charge in [-0.2, -0.15) is 13.2 Å². The van der Waals surface area contributed by atoms with Gasteiger partial charge in [-0.25, -0.2) is 18.7 Å². The van der Waals surface area contributed by atoms with Gasteiger partial charge in [0.05, 0.1) is 16.2 Å². The Balaban J connectivity index is 2.05. The number of hydrogen-bond acceptors (Lipinski definition) is 5. The second-order valence-corrected chi connectivity index (χ2v) is 6.51. The van der Waals surface area contributed by atoms with Crippen LogP contribution in [0.4, 0.5) is 39.1 Å². The van der Waals surface area contributed by atoms with E-state index in [0.29, 0.717) is 5.69 Å². The monoisotopic (exact) mass is 458 g/mol. The number of benzene rings is 2. The lowest BCUT2D eigenvalue weighted by Gasteiger charge is -2.16. The van der Waals surface area contributed by atoms with E-state index in [-0.39, 0.29) is 27.4 Å². The Bertz CT molecular complexity index is 1170. The number of alkyl halides is 3. The van der Waals surface area contributed by atoms with Gasteiger partial charge >= 0.3 is 6.18 Å². The number of rotatable bonds is 6. The van der Waals surface area contributed by atoms with Crippen LogP contribution in [0.15, 0.2) is 49.1 Å². The van der Waals surface area contributed by atoms with Crippen LogP contribution in [0, 0.1) is 5.82 Å². The molecule has 0 bridgehead atoms. The summed E-state index contributed by atoms with van der Waals surface area (Å²) in [4.78, 5) is 19.7. The Labute approximate surface area is 176 Å². The molecule has 0 unspecified atom stereocenters. The molecule has 0 spiro atoms. The molecule has 1 aromatic heterocycles. The predicted octanol–water partition coefficient (Wildman–Crippen LogP) is 5.53. The molecule has 0 aliphatic carbocycles. The third-order valence-electron chi connectivity index (χ3n) is 3.80. The van der Waals surface area contributed by atoms with E-state index in [4.69, 9.17) is 16.3 Å². The van der Waals surface area contributed by atoms with Gasteiger partial charge in [-0.05, 0) is 24.3 Å². The summed E-state index contributed by atoms with van der Waals surface area (Å²) in [6, 6.07) is 6.13. The number of carbonyl (C=O) groups excluding carboxylic acids is 1. The quantitative estimate of drug-likeness (QED) is 0.375. The molecule has 1 heterocycles. The number of ether oxygens (including phenoxy) is 1. The number of halogens is 6. The molecule has 12 heteroatoms. The lowest BCUT2D eigenvalue weighted by Crippen LogP contribution is -2.20. The van der Waals surface area contributed by atoms with Crippen molar-refractivity contribution < 1.29 is 31.5 Å². The fourth-order valence-electron chi connectivity index (χ4n) is 2.46. The Morgan fingerprint density at radius 2 is 1.94 bits per heavy atom. The van der Waals surface area contributed by atoms with Crippen molar-refractivity contribution in [1.82, 2.24) is 9.97 Å². The topological polar surface area (TPSA) is 76.1 Å². The van der Waals surface area contributed by atoms with Crippen molar-refractivity contribution >= 4 is 45.6 Å². The molecule has 162 valence electrons. The lowest BCUT2D eigenvalue weighted by atomic mass is 10.1. The number of nitrogens with zero attached hydrogens (tertiary/aromatic N) is 2. The number of nitrogens with one attached hydrogen (secondary N) is 2. The molecule has 2 N–H and O–H groups in total. The number of hydrogen-bond donors (Lipinski definition) is 2. The van der Waals surface area contributed by atoms with Crippen LogP contribution in [-0.4, -0.2) is 28.7 Å². The van der Waals surface area contributed by atoms with E-state index < -0.39 is 36.1 Å². The molecule has 0 aliphatic heterocycles. The largest absolute Gasteiger partial charge is 0.482 e. The van der Waals surface area contributed by atoms with E-state index in [2.05, 4.69) is 27.2 Å². The minimum Gasteiger partial charge on any atom is -0.482 e. The first-order valence-electron chi connectivity index (χ1n) is 8.39. The van der Waals surface area contributed by atoms with Crippen molar-refractivity contribution in [2.45, 2.75) is 6.18 Å². The second-order valence-electron chi connectivity index (χ2n) is 6.10. The van der Waals surface area contributed by atoms with Crippen molar-refractivity contribution in [2.24, 2.45) is 0 Å². The second kappa shape index (κ2) is 8.72. The van der Waals surface area contributed by atoms with Crippen molar-refractivity contribution in [1.29, 1.82) is 0 Å².